The van der Waals surface area contributed by atoms with Crippen molar-refractivity contribution in [3.05, 3.63) is 0 Å². The molecular weight excluding hydrogens is 196 g/mol. The molecule has 0 rings (SSSR count). The Labute approximate surface area is 90.3 Å². The maximum Gasteiger partial charge on any atom is 0.309 e. The highest BCUT2D eigenvalue weighted by Crippen LogP contribution is 2.38. The van der Waals surface area contributed by atoms with Crippen LogP contribution in [0.1, 0.15) is 46.5 Å². The first-order chi connectivity index (χ1) is 6.90. The predicted molar refractivity (Wildman–Crippen MR) is 56.7 cm³/mol. The van der Waals surface area contributed by atoms with Crippen molar-refractivity contribution < 1.29 is 19.8 Å². The van der Waals surface area contributed by atoms with E-state index in [-0.39, 0.29) is 18.8 Å². The second-order valence-electron chi connectivity index (χ2n) is 4.02. The summed E-state index contributed by atoms with van der Waals surface area (Å²) < 4.78 is 0. The standard InChI is InChI=1S/C11H20O4/c1-4-8(3)11(5-2,10(14)15)7-6-9(12)13/h8H,4-7H2,1-3H3,(H,12,13)(H,14,15). The molecule has 4 nitrogen and oxygen atoms in total. The van der Waals surface area contributed by atoms with Crippen molar-refractivity contribution in [2.24, 2.45) is 11.3 Å². The van der Waals surface area contributed by atoms with Gasteiger partial charge < -0.3 is 10.2 Å². The molecule has 0 aromatic rings. The van der Waals surface area contributed by atoms with Gasteiger partial charge in [-0.3, -0.25) is 9.59 Å². The van der Waals surface area contributed by atoms with E-state index >= 15 is 0 Å². The van der Waals surface area contributed by atoms with Crippen LogP contribution in [0.3, 0.4) is 0 Å². The number of hydrogen-bond acceptors (Lipinski definition) is 2. The minimum Gasteiger partial charge on any atom is -0.481 e. The minimum absolute atomic E-state index is 0.000602. The molecule has 0 saturated carbocycles. The van der Waals surface area contributed by atoms with Crippen molar-refractivity contribution in [1.29, 1.82) is 0 Å². The number of rotatable bonds is 7. The Morgan fingerprint density at radius 1 is 1.27 bits per heavy atom. The van der Waals surface area contributed by atoms with Crippen molar-refractivity contribution in [3.8, 4) is 0 Å². The molecule has 0 aliphatic rings. The van der Waals surface area contributed by atoms with E-state index in [1.54, 1.807) is 0 Å². The lowest BCUT2D eigenvalue weighted by Gasteiger charge is -2.33. The lowest BCUT2D eigenvalue weighted by Crippen LogP contribution is -2.37. The molecule has 0 aromatic carbocycles. The fourth-order valence-corrected chi connectivity index (χ4v) is 1.96. The average molecular weight is 216 g/mol. The molecule has 0 fully saturated rings. The van der Waals surface area contributed by atoms with E-state index < -0.39 is 17.4 Å². The van der Waals surface area contributed by atoms with Crippen molar-refractivity contribution in [1.82, 2.24) is 0 Å². The molecule has 0 amide bonds. The fourth-order valence-electron chi connectivity index (χ4n) is 1.96. The van der Waals surface area contributed by atoms with Crippen LogP contribution in [-0.4, -0.2) is 22.2 Å². The van der Waals surface area contributed by atoms with Crippen LogP contribution in [0.25, 0.3) is 0 Å². The molecule has 0 aliphatic carbocycles. The number of carboxylic acid groups (broad SMARTS) is 2. The lowest BCUT2D eigenvalue weighted by molar-refractivity contribution is -0.154. The zero-order chi connectivity index (χ0) is 12.1. The summed E-state index contributed by atoms with van der Waals surface area (Å²) in [6.45, 7) is 5.61. The summed E-state index contributed by atoms with van der Waals surface area (Å²) in [5.74, 6) is -1.81. The Kier molecular flexibility index (Phi) is 5.33. The summed E-state index contributed by atoms with van der Waals surface area (Å²) in [7, 11) is 0. The maximum absolute atomic E-state index is 11.3. The smallest absolute Gasteiger partial charge is 0.309 e. The zero-order valence-electron chi connectivity index (χ0n) is 9.62. The first-order valence-corrected chi connectivity index (χ1v) is 5.35. The molecule has 2 atom stereocenters. The first kappa shape index (κ1) is 13.9. The van der Waals surface area contributed by atoms with Crippen LogP contribution in [-0.2, 0) is 9.59 Å². The van der Waals surface area contributed by atoms with Gasteiger partial charge in [-0.2, -0.15) is 0 Å². The second kappa shape index (κ2) is 5.73. The third-order valence-corrected chi connectivity index (χ3v) is 3.40. The van der Waals surface area contributed by atoms with Gasteiger partial charge in [0.2, 0.25) is 0 Å². The van der Waals surface area contributed by atoms with Gasteiger partial charge in [0.05, 0.1) is 5.41 Å². The lowest BCUT2D eigenvalue weighted by atomic mass is 9.70. The molecule has 2 N–H and O–H groups in total. The Balaban J connectivity index is 4.81. The van der Waals surface area contributed by atoms with Gasteiger partial charge in [-0.1, -0.05) is 27.2 Å². The predicted octanol–water partition coefficient (Wildman–Crippen LogP) is 2.38. The molecule has 4 heteroatoms. The van der Waals surface area contributed by atoms with Crippen LogP contribution >= 0.6 is 0 Å². The first-order valence-electron chi connectivity index (χ1n) is 5.35. The molecule has 2 unspecified atom stereocenters. The van der Waals surface area contributed by atoms with E-state index in [0.29, 0.717) is 6.42 Å². The van der Waals surface area contributed by atoms with E-state index in [0.717, 1.165) is 6.42 Å². The molecule has 15 heavy (non-hydrogen) atoms. The Hall–Kier alpha value is -1.06. The minimum atomic E-state index is -0.933. The van der Waals surface area contributed by atoms with Crippen LogP contribution in [0.2, 0.25) is 0 Å². The topological polar surface area (TPSA) is 74.6 Å². The highest BCUT2D eigenvalue weighted by Gasteiger charge is 2.41. The van der Waals surface area contributed by atoms with Crippen molar-refractivity contribution in [3.63, 3.8) is 0 Å². The van der Waals surface area contributed by atoms with Crippen molar-refractivity contribution >= 4 is 11.9 Å². The molecule has 0 bridgehead atoms. The molecule has 0 radical (unpaired) electrons. The molecular formula is C11H20O4. The summed E-state index contributed by atoms with van der Waals surface area (Å²) in [6.07, 6.45) is 1.36. The van der Waals surface area contributed by atoms with Gasteiger partial charge in [-0.25, -0.2) is 0 Å². The summed E-state index contributed by atoms with van der Waals surface area (Å²) >= 11 is 0. The molecule has 0 aromatic heterocycles. The quantitative estimate of drug-likeness (QED) is 0.685. The number of hydrogen-bond donors (Lipinski definition) is 2. The van der Waals surface area contributed by atoms with Gasteiger partial charge in [0.1, 0.15) is 0 Å². The second-order valence-corrected chi connectivity index (χ2v) is 4.02. The molecule has 0 spiro atoms. The normalized spacial score (nSPS) is 16.7. The van der Waals surface area contributed by atoms with Crippen LogP contribution in [0.15, 0.2) is 0 Å². The molecule has 88 valence electrons. The largest absolute Gasteiger partial charge is 0.481 e. The number of carboxylic acids is 2. The Bertz CT molecular complexity index is 237. The molecule has 0 saturated heterocycles. The summed E-state index contributed by atoms with van der Waals surface area (Å²) in [5, 5.41) is 17.9. The third-order valence-electron chi connectivity index (χ3n) is 3.40. The number of aliphatic carboxylic acids is 2. The third kappa shape index (κ3) is 3.22. The average Bonchev–Trinajstić information content (AvgIpc) is 2.18. The van der Waals surface area contributed by atoms with Crippen molar-refractivity contribution in [2.75, 3.05) is 0 Å². The van der Waals surface area contributed by atoms with Crippen LogP contribution in [0.5, 0.6) is 0 Å². The SMILES string of the molecule is CCC(C)C(CC)(CCC(=O)O)C(=O)O. The van der Waals surface area contributed by atoms with Crippen LogP contribution in [0, 0.1) is 11.3 Å². The molecule has 0 heterocycles. The van der Waals surface area contributed by atoms with E-state index in [9.17, 15) is 14.7 Å². The van der Waals surface area contributed by atoms with Gasteiger partial charge in [-0.15, -0.1) is 0 Å². The molecule has 0 aliphatic heterocycles. The highest BCUT2D eigenvalue weighted by atomic mass is 16.4. The summed E-state index contributed by atoms with van der Waals surface area (Å²) in [4.78, 5) is 21.8. The zero-order valence-corrected chi connectivity index (χ0v) is 9.62. The van der Waals surface area contributed by atoms with E-state index in [1.165, 1.54) is 0 Å². The Morgan fingerprint density at radius 3 is 2.07 bits per heavy atom. The van der Waals surface area contributed by atoms with Gasteiger partial charge >= 0.3 is 11.9 Å². The van der Waals surface area contributed by atoms with Crippen molar-refractivity contribution in [2.45, 2.75) is 46.5 Å². The van der Waals surface area contributed by atoms with E-state index in [1.807, 2.05) is 20.8 Å². The van der Waals surface area contributed by atoms with Crippen LogP contribution in [0.4, 0.5) is 0 Å². The Morgan fingerprint density at radius 2 is 1.80 bits per heavy atom. The van der Waals surface area contributed by atoms with Gasteiger partial charge in [0.15, 0.2) is 0 Å². The van der Waals surface area contributed by atoms with Gasteiger partial charge in [0, 0.05) is 6.42 Å². The van der Waals surface area contributed by atoms with Gasteiger partial charge in [-0.05, 0) is 18.8 Å². The fraction of sp³-hybridized carbons (Fsp3) is 0.818. The summed E-state index contributed by atoms with van der Waals surface area (Å²) in [5.41, 5.74) is -0.882. The van der Waals surface area contributed by atoms with Crippen LogP contribution < -0.4 is 0 Å². The van der Waals surface area contributed by atoms with E-state index in [4.69, 9.17) is 5.11 Å². The monoisotopic (exact) mass is 216 g/mol. The summed E-state index contributed by atoms with van der Waals surface area (Å²) in [6, 6.07) is 0. The number of carbonyl (C=O) groups is 2. The highest BCUT2D eigenvalue weighted by molar-refractivity contribution is 5.76. The van der Waals surface area contributed by atoms with E-state index in [2.05, 4.69) is 0 Å². The maximum atomic E-state index is 11.3. The van der Waals surface area contributed by atoms with Gasteiger partial charge in [0.25, 0.3) is 0 Å².